The highest BCUT2D eigenvalue weighted by molar-refractivity contribution is 5.93. The number of esters is 1. The van der Waals surface area contributed by atoms with E-state index in [1.807, 2.05) is 30.3 Å². The van der Waals surface area contributed by atoms with Crippen LogP contribution >= 0.6 is 0 Å². The number of ether oxygens (including phenoxy) is 3. The van der Waals surface area contributed by atoms with Crippen LogP contribution in [-0.4, -0.2) is 41.3 Å². The van der Waals surface area contributed by atoms with Crippen LogP contribution in [-0.2, 0) is 29.0 Å². The molecule has 0 N–H and O–H groups in total. The third-order valence-electron chi connectivity index (χ3n) is 6.54. The van der Waals surface area contributed by atoms with Gasteiger partial charge in [0.05, 0.1) is 30.3 Å². The van der Waals surface area contributed by atoms with E-state index in [2.05, 4.69) is 9.97 Å². The minimum atomic E-state index is -0.714. The van der Waals surface area contributed by atoms with Crippen molar-refractivity contribution in [3.8, 4) is 17.0 Å². The van der Waals surface area contributed by atoms with Crippen LogP contribution in [0.4, 0.5) is 8.78 Å². The lowest BCUT2D eigenvalue weighted by Crippen LogP contribution is -2.11. The van der Waals surface area contributed by atoms with Gasteiger partial charge in [-0.15, -0.1) is 0 Å². The molecule has 0 spiro atoms. The van der Waals surface area contributed by atoms with E-state index in [0.717, 1.165) is 5.56 Å². The SMILES string of the molecule is COCCn1c(Cc2c(F)cc(-c3cccnc3OCc3ccccc3)cc2F)nc2ccc(C(=O)OC)cc21. The van der Waals surface area contributed by atoms with Crippen LogP contribution in [0.5, 0.6) is 5.88 Å². The number of carbonyl (C=O) groups excluding carboxylic acids is 1. The van der Waals surface area contributed by atoms with Crippen LogP contribution in [0.15, 0.2) is 79.0 Å². The molecule has 0 atom stereocenters. The molecule has 5 rings (SSSR count). The third-order valence-corrected chi connectivity index (χ3v) is 6.54. The Bertz CT molecular complexity index is 1630. The average Bonchev–Trinajstić information content (AvgIpc) is 3.33. The predicted octanol–water partition coefficient (Wildman–Crippen LogP) is 5.98. The summed E-state index contributed by atoms with van der Waals surface area (Å²) in [6.45, 7) is 0.993. The maximum Gasteiger partial charge on any atom is 0.337 e. The number of imidazole rings is 1. The summed E-state index contributed by atoms with van der Waals surface area (Å²) < 4.78 is 48.7. The van der Waals surface area contributed by atoms with Crippen molar-refractivity contribution in [1.82, 2.24) is 14.5 Å². The molecule has 9 heteroatoms. The standard InChI is InChI=1S/C31H27F2N3O4/c1-38-14-13-36-28-17-21(31(37)39-2)10-11-27(28)35-29(36)18-24-25(32)15-22(16-26(24)33)23-9-6-12-34-30(23)40-19-20-7-4-3-5-8-20/h3-12,15-17H,13-14,18-19H2,1-2H3. The van der Waals surface area contributed by atoms with Gasteiger partial charge in [-0.25, -0.2) is 23.5 Å². The van der Waals surface area contributed by atoms with Gasteiger partial charge < -0.3 is 18.8 Å². The van der Waals surface area contributed by atoms with E-state index in [0.29, 0.717) is 46.7 Å². The zero-order valence-electron chi connectivity index (χ0n) is 22.1. The van der Waals surface area contributed by atoms with Crippen LogP contribution in [0.1, 0.15) is 27.3 Å². The topological polar surface area (TPSA) is 75.5 Å². The molecule has 0 bridgehead atoms. The largest absolute Gasteiger partial charge is 0.472 e. The molecule has 0 aliphatic carbocycles. The average molecular weight is 544 g/mol. The summed E-state index contributed by atoms with van der Waals surface area (Å²) in [5.74, 6) is -1.20. The lowest BCUT2D eigenvalue weighted by atomic mass is 10.0. The van der Waals surface area contributed by atoms with E-state index in [1.54, 1.807) is 48.2 Å². The summed E-state index contributed by atoms with van der Waals surface area (Å²) in [5.41, 5.74) is 3.19. The zero-order chi connectivity index (χ0) is 28.1. The summed E-state index contributed by atoms with van der Waals surface area (Å²) in [7, 11) is 2.87. The quantitative estimate of drug-likeness (QED) is 0.202. The number of carbonyl (C=O) groups is 1. The van der Waals surface area contributed by atoms with Crippen molar-refractivity contribution >= 4 is 17.0 Å². The Kier molecular flexibility index (Phi) is 8.12. The molecule has 2 heterocycles. The first kappa shape index (κ1) is 27.0. The van der Waals surface area contributed by atoms with Gasteiger partial charge >= 0.3 is 5.97 Å². The Morgan fingerprint density at radius 1 is 0.950 bits per heavy atom. The second-order valence-electron chi connectivity index (χ2n) is 9.09. The van der Waals surface area contributed by atoms with Gasteiger partial charge in [0, 0.05) is 37.4 Å². The second kappa shape index (κ2) is 12.0. The number of halogens is 2. The smallest absolute Gasteiger partial charge is 0.337 e. The molecule has 0 aliphatic heterocycles. The fourth-order valence-corrected chi connectivity index (χ4v) is 4.52. The number of pyridine rings is 1. The summed E-state index contributed by atoms with van der Waals surface area (Å²) in [5, 5.41) is 0. The van der Waals surface area contributed by atoms with E-state index in [-0.39, 0.29) is 24.5 Å². The molecule has 3 aromatic carbocycles. The number of aromatic nitrogens is 3. The van der Waals surface area contributed by atoms with Gasteiger partial charge in [-0.1, -0.05) is 30.3 Å². The van der Waals surface area contributed by atoms with Gasteiger partial charge in [0.25, 0.3) is 0 Å². The fourth-order valence-electron chi connectivity index (χ4n) is 4.52. The van der Waals surface area contributed by atoms with Gasteiger partial charge in [-0.3, -0.25) is 0 Å². The van der Waals surface area contributed by atoms with E-state index < -0.39 is 17.6 Å². The van der Waals surface area contributed by atoms with E-state index >= 15 is 8.78 Å². The van der Waals surface area contributed by atoms with Crippen molar-refractivity contribution in [3.05, 3.63) is 113 Å². The van der Waals surface area contributed by atoms with Crippen LogP contribution in [0.2, 0.25) is 0 Å². The summed E-state index contributed by atoms with van der Waals surface area (Å²) in [6, 6.07) is 20.5. The highest BCUT2D eigenvalue weighted by Crippen LogP contribution is 2.32. The molecule has 2 aromatic heterocycles. The van der Waals surface area contributed by atoms with Gasteiger partial charge in [0.15, 0.2) is 0 Å². The van der Waals surface area contributed by atoms with Crippen LogP contribution in [0.25, 0.3) is 22.2 Å². The molecule has 0 radical (unpaired) electrons. The van der Waals surface area contributed by atoms with Crippen LogP contribution < -0.4 is 4.74 Å². The van der Waals surface area contributed by atoms with E-state index in [9.17, 15) is 4.79 Å². The monoisotopic (exact) mass is 543 g/mol. The molecular formula is C31H27F2N3O4. The minimum absolute atomic E-state index is 0.103. The molecule has 5 aromatic rings. The number of hydrogen-bond acceptors (Lipinski definition) is 6. The number of benzene rings is 3. The lowest BCUT2D eigenvalue weighted by Gasteiger charge is -2.13. The number of methoxy groups -OCH3 is 2. The van der Waals surface area contributed by atoms with E-state index in [1.165, 1.54) is 19.2 Å². The first-order valence-corrected chi connectivity index (χ1v) is 12.6. The highest BCUT2D eigenvalue weighted by atomic mass is 19.1. The van der Waals surface area contributed by atoms with Gasteiger partial charge in [0.1, 0.15) is 24.1 Å². The van der Waals surface area contributed by atoms with Gasteiger partial charge in [-0.05, 0) is 53.6 Å². The van der Waals surface area contributed by atoms with E-state index in [4.69, 9.17) is 14.2 Å². The molecule has 0 unspecified atom stereocenters. The molecule has 0 aliphatic rings. The zero-order valence-corrected chi connectivity index (χ0v) is 22.1. The van der Waals surface area contributed by atoms with Gasteiger partial charge in [0.2, 0.25) is 5.88 Å². The molecule has 0 saturated carbocycles. The Morgan fingerprint density at radius 2 is 1.73 bits per heavy atom. The van der Waals surface area contributed by atoms with Crippen molar-refractivity contribution in [1.29, 1.82) is 0 Å². The fraction of sp³-hybridized carbons (Fsp3) is 0.194. The minimum Gasteiger partial charge on any atom is -0.472 e. The second-order valence-corrected chi connectivity index (χ2v) is 9.09. The highest BCUT2D eigenvalue weighted by Gasteiger charge is 2.20. The summed E-state index contributed by atoms with van der Waals surface area (Å²) in [6.07, 6.45) is 1.47. The van der Waals surface area contributed by atoms with Crippen molar-refractivity contribution in [2.75, 3.05) is 20.8 Å². The van der Waals surface area contributed by atoms with Crippen LogP contribution in [0.3, 0.4) is 0 Å². The molecule has 0 fully saturated rings. The molecule has 0 saturated heterocycles. The number of fused-ring (bicyclic) bond motifs is 1. The Hall–Kier alpha value is -4.63. The number of hydrogen-bond donors (Lipinski definition) is 0. The molecular weight excluding hydrogens is 516 g/mol. The van der Waals surface area contributed by atoms with Crippen molar-refractivity contribution in [2.24, 2.45) is 0 Å². The maximum absolute atomic E-state index is 15.5. The Morgan fingerprint density at radius 3 is 2.45 bits per heavy atom. The number of rotatable bonds is 10. The van der Waals surface area contributed by atoms with Crippen molar-refractivity contribution < 1.29 is 27.8 Å². The molecule has 7 nitrogen and oxygen atoms in total. The molecule has 40 heavy (non-hydrogen) atoms. The maximum atomic E-state index is 15.5. The first-order valence-electron chi connectivity index (χ1n) is 12.6. The third kappa shape index (κ3) is 5.69. The van der Waals surface area contributed by atoms with Gasteiger partial charge in [-0.2, -0.15) is 0 Å². The Balaban J connectivity index is 1.47. The summed E-state index contributed by atoms with van der Waals surface area (Å²) in [4.78, 5) is 21.0. The summed E-state index contributed by atoms with van der Waals surface area (Å²) >= 11 is 0. The number of nitrogens with zero attached hydrogens (tertiary/aromatic N) is 3. The predicted molar refractivity (Wildman–Crippen MR) is 146 cm³/mol. The van der Waals surface area contributed by atoms with Crippen molar-refractivity contribution in [2.45, 2.75) is 19.6 Å². The molecule has 0 amide bonds. The first-order chi connectivity index (χ1) is 19.5. The Labute approximate surface area is 230 Å². The molecule has 204 valence electrons. The van der Waals surface area contributed by atoms with Crippen molar-refractivity contribution in [3.63, 3.8) is 0 Å². The normalized spacial score (nSPS) is 11.1. The van der Waals surface area contributed by atoms with Crippen LogP contribution in [0, 0.1) is 11.6 Å². The lowest BCUT2D eigenvalue weighted by molar-refractivity contribution is 0.0601.